The minimum Gasteiger partial charge on any atom is -0.356 e. The summed E-state index contributed by atoms with van der Waals surface area (Å²) < 4.78 is 1.87. The molecule has 1 aromatic heterocycles. The van der Waals surface area contributed by atoms with Crippen LogP contribution in [0.3, 0.4) is 0 Å². The van der Waals surface area contributed by atoms with Crippen LogP contribution in [0, 0.1) is 0 Å². The summed E-state index contributed by atoms with van der Waals surface area (Å²) in [6.45, 7) is 2.26. The number of benzene rings is 1. The van der Waals surface area contributed by atoms with Crippen LogP contribution in [0.15, 0.2) is 47.7 Å². The van der Waals surface area contributed by atoms with Crippen LogP contribution in [0.4, 0.5) is 0 Å². The molecule has 0 aliphatic heterocycles. The van der Waals surface area contributed by atoms with Crippen LogP contribution in [0.5, 0.6) is 0 Å². The van der Waals surface area contributed by atoms with Crippen LogP contribution < -0.4 is 16.0 Å². The summed E-state index contributed by atoms with van der Waals surface area (Å²) in [5.74, 6) is 0.686. The van der Waals surface area contributed by atoms with Crippen molar-refractivity contribution in [1.29, 1.82) is 0 Å². The predicted octanol–water partition coefficient (Wildman–Crippen LogP) is 0.650. The first-order chi connectivity index (χ1) is 11.7. The molecule has 24 heavy (non-hydrogen) atoms. The molecule has 0 spiro atoms. The second-order valence-corrected chi connectivity index (χ2v) is 5.22. The van der Waals surface area contributed by atoms with Crippen molar-refractivity contribution in [2.24, 2.45) is 4.99 Å². The van der Waals surface area contributed by atoms with Crippen molar-refractivity contribution in [3.8, 4) is 0 Å². The van der Waals surface area contributed by atoms with E-state index in [1.807, 2.05) is 41.2 Å². The molecule has 2 rings (SSSR count). The van der Waals surface area contributed by atoms with Gasteiger partial charge < -0.3 is 16.0 Å². The SMILES string of the molecule is CN=C(NCCc1cccc(C(=O)NC)c1)NCCn1cccn1. The summed E-state index contributed by atoms with van der Waals surface area (Å²) in [5.41, 5.74) is 1.78. The van der Waals surface area contributed by atoms with Gasteiger partial charge in [-0.3, -0.25) is 14.5 Å². The van der Waals surface area contributed by atoms with Gasteiger partial charge in [0.05, 0.1) is 6.54 Å². The smallest absolute Gasteiger partial charge is 0.251 e. The molecule has 0 aliphatic carbocycles. The Morgan fingerprint density at radius 2 is 2.08 bits per heavy atom. The fourth-order valence-electron chi connectivity index (χ4n) is 2.28. The molecule has 2 aromatic rings. The molecular weight excluding hydrogens is 304 g/mol. The highest BCUT2D eigenvalue weighted by Gasteiger charge is 2.04. The summed E-state index contributed by atoms with van der Waals surface area (Å²) in [5, 5.41) is 13.3. The van der Waals surface area contributed by atoms with Gasteiger partial charge in [0, 0.05) is 45.1 Å². The maximum atomic E-state index is 11.6. The summed E-state index contributed by atoms with van der Waals surface area (Å²) in [6.07, 6.45) is 4.50. The van der Waals surface area contributed by atoms with Crippen molar-refractivity contribution in [2.45, 2.75) is 13.0 Å². The van der Waals surface area contributed by atoms with E-state index in [0.29, 0.717) is 5.56 Å². The maximum Gasteiger partial charge on any atom is 0.251 e. The summed E-state index contributed by atoms with van der Waals surface area (Å²) in [4.78, 5) is 15.8. The lowest BCUT2D eigenvalue weighted by Gasteiger charge is -2.12. The van der Waals surface area contributed by atoms with Gasteiger partial charge in [-0.2, -0.15) is 5.10 Å². The van der Waals surface area contributed by atoms with E-state index >= 15 is 0 Å². The number of amides is 1. The van der Waals surface area contributed by atoms with E-state index in [1.165, 1.54) is 0 Å². The maximum absolute atomic E-state index is 11.6. The first-order valence-corrected chi connectivity index (χ1v) is 7.96. The van der Waals surface area contributed by atoms with Gasteiger partial charge in [0.15, 0.2) is 5.96 Å². The Labute approximate surface area is 142 Å². The molecule has 7 nitrogen and oxygen atoms in total. The van der Waals surface area contributed by atoms with E-state index in [4.69, 9.17) is 0 Å². The van der Waals surface area contributed by atoms with E-state index in [9.17, 15) is 4.79 Å². The van der Waals surface area contributed by atoms with Crippen molar-refractivity contribution in [3.05, 3.63) is 53.9 Å². The molecule has 0 saturated heterocycles. The van der Waals surface area contributed by atoms with Crippen molar-refractivity contribution in [1.82, 2.24) is 25.7 Å². The first kappa shape index (κ1) is 17.5. The van der Waals surface area contributed by atoms with Gasteiger partial charge in [-0.1, -0.05) is 12.1 Å². The van der Waals surface area contributed by atoms with Gasteiger partial charge in [0.2, 0.25) is 0 Å². The Morgan fingerprint density at radius 3 is 2.79 bits per heavy atom. The molecule has 128 valence electrons. The molecule has 0 saturated carbocycles. The monoisotopic (exact) mass is 328 g/mol. The molecule has 7 heteroatoms. The fourth-order valence-corrected chi connectivity index (χ4v) is 2.28. The number of hydrogen-bond donors (Lipinski definition) is 3. The van der Waals surface area contributed by atoms with Crippen LogP contribution in [-0.4, -0.2) is 48.8 Å². The first-order valence-electron chi connectivity index (χ1n) is 7.96. The summed E-state index contributed by atoms with van der Waals surface area (Å²) >= 11 is 0. The average molecular weight is 328 g/mol. The second kappa shape index (κ2) is 9.34. The molecule has 0 radical (unpaired) electrons. The van der Waals surface area contributed by atoms with Crippen molar-refractivity contribution >= 4 is 11.9 Å². The molecule has 1 heterocycles. The summed E-state index contributed by atoms with van der Waals surface area (Å²) in [7, 11) is 3.38. The highest BCUT2D eigenvalue weighted by atomic mass is 16.1. The average Bonchev–Trinajstić information content (AvgIpc) is 3.13. The zero-order valence-electron chi connectivity index (χ0n) is 14.1. The van der Waals surface area contributed by atoms with Crippen LogP contribution in [0.25, 0.3) is 0 Å². The highest BCUT2D eigenvalue weighted by molar-refractivity contribution is 5.94. The van der Waals surface area contributed by atoms with Crippen LogP contribution in [0.1, 0.15) is 15.9 Å². The number of hydrogen-bond acceptors (Lipinski definition) is 3. The van der Waals surface area contributed by atoms with E-state index in [1.54, 1.807) is 20.3 Å². The zero-order valence-corrected chi connectivity index (χ0v) is 14.1. The molecule has 0 bridgehead atoms. The lowest BCUT2D eigenvalue weighted by atomic mass is 10.1. The number of rotatable bonds is 7. The molecule has 0 aliphatic rings. The number of carbonyl (C=O) groups excluding carboxylic acids is 1. The van der Waals surface area contributed by atoms with Gasteiger partial charge >= 0.3 is 0 Å². The molecule has 1 amide bonds. The largest absolute Gasteiger partial charge is 0.356 e. The predicted molar refractivity (Wildman–Crippen MR) is 95.1 cm³/mol. The Bertz CT molecular complexity index is 665. The number of aliphatic imine (C=N–C) groups is 1. The molecule has 1 aromatic carbocycles. The Balaban J connectivity index is 1.74. The molecular formula is C17H24N6O. The van der Waals surface area contributed by atoms with Crippen molar-refractivity contribution in [2.75, 3.05) is 27.2 Å². The van der Waals surface area contributed by atoms with Gasteiger partial charge in [-0.05, 0) is 30.2 Å². The lowest BCUT2D eigenvalue weighted by Crippen LogP contribution is -2.39. The third kappa shape index (κ3) is 5.42. The number of aromatic nitrogens is 2. The topological polar surface area (TPSA) is 83.3 Å². The Morgan fingerprint density at radius 1 is 1.25 bits per heavy atom. The highest BCUT2D eigenvalue weighted by Crippen LogP contribution is 2.05. The Hall–Kier alpha value is -2.83. The normalized spacial score (nSPS) is 11.2. The minimum atomic E-state index is -0.0686. The van der Waals surface area contributed by atoms with Crippen LogP contribution >= 0.6 is 0 Å². The van der Waals surface area contributed by atoms with Gasteiger partial charge in [-0.15, -0.1) is 0 Å². The second-order valence-electron chi connectivity index (χ2n) is 5.22. The van der Waals surface area contributed by atoms with Crippen molar-refractivity contribution in [3.63, 3.8) is 0 Å². The molecule has 0 unspecified atom stereocenters. The molecule has 3 N–H and O–H groups in total. The fraction of sp³-hybridized carbons (Fsp3) is 0.353. The molecule has 0 atom stereocenters. The number of nitrogens with zero attached hydrogens (tertiary/aromatic N) is 3. The van der Waals surface area contributed by atoms with E-state index in [0.717, 1.165) is 37.6 Å². The van der Waals surface area contributed by atoms with Gasteiger partial charge in [0.1, 0.15) is 0 Å². The summed E-state index contributed by atoms with van der Waals surface area (Å²) in [6, 6.07) is 9.54. The van der Waals surface area contributed by atoms with E-state index < -0.39 is 0 Å². The lowest BCUT2D eigenvalue weighted by molar-refractivity contribution is 0.0963. The minimum absolute atomic E-state index is 0.0686. The zero-order chi connectivity index (χ0) is 17.2. The van der Waals surface area contributed by atoms with Gasteiger partial charge in [0.25, 0.3) is 5.91 Å². The van der Waals surface area contributed by atoms with E-state index in [-0.39, 0.29) is 5.91 Å². The number of guanidine groups is 1. The van der Waals surface area contributed by atoms with E-state index in [2.05, 4.69) is 26.0 Å². The van der Waals surface area contributed by atoms with Crippen LogP contribution in [0.2, 0.25) is 0 Å². The quantitative estimate of drug-likeness (QED) is 0.515. The number of nitrogens with one attached hydrogen (secondary N) is 3. The number of carbonyl (C=O) groups is 1. The van der Waals surface area contributed by atoms with Gasteiger partial charge in [-0.25, -0.2) is 0 Å². The van der Waals surface area contributed by atoms with Crippen molar-refractivity contribution < 1.29 is 4.79 Å². The third-order valence-electron chi connectivity index (χ3n) is 3.54. The third-order valence-corrected chi connectivity index (χ3v) is 3.54. The molecule has 0 fully saturated rings. The standard InChI is InChI=1S/C17H24N6O/c1-18-16(24)15-6-3-5-14(13-15)7-9-20-17(19-2)21-10-12-23-11-4-8-22-23/h3-6,8,11,13H,7,9-10,12H2,1-2H3,(H,18,24)(H2,19,20,21). The van der Waals surface area contributed by atoms with Crippen LogP contribution in [-0.2, 0) is 13.0 Å². The Kier molecular flexibility index (Phi) is 6.82.